The van der Waals surface area contributed by atoms with Gasteiger partial charge >= 0.3 is 0 Å². The monoisotopic (exact) mass is 254 g/mol. The van der Waals surface area contributed by atoms with Crippen LogP contribution in [0.5, 0.6) is 0 Å². The zero-order chi connectivity index (χ0) is 13.9. The number of hydrogen-bond acceptors (Lipinski definition) is 4. The molecular formula is C15H18N4. The third-order valence-corrected chi connectivity index (χ3v) is 2.64. The molecule has 2 heterocycles. The average molecular weight is 254 g/mol. The van der Waals surface area contributed by atoms with Crippen molar-refractivity contribution in [2.24, 2.45) is 0 Å². The van der Waals surface area contributed by atoms with Crippen LogP contribution in [0.4, 0.5) is 0 Å². The molecule has 98 valence electrons. The predicted molar refractivity (Wildman–Crippen MR) is 76.3 cm³/mol. The van der Waals surface area contributed by atoms with E-state index in [1.165, 1.54) is 0 Å². The average Bonchev–Trinajstić information content (AvgIpc) is 2.39. The fourth-order valence-corrected chi connectivity index (χ4v) is 1.62. The van der Waals surface area contributed by atoms with Crippen molar-refractivity contribution in [2.75, 3.05) is 0 Å². The molecule has 0 atom stereocenters. The third-order valence-electron chi connectivity index (χ3n) is 2.64. The summed E-state index contributed by atoms with van der Waals surface area (Å²) in [5, 5.41) is 0. The topological polar surface area (TPSA) is 51.6 Å². The predicted octanol–water partition coefficient (Wildman–Crippen LogP) is 3.12. The minimum Gasteiger partial charge on any atom is -0.240 e. The Hall–Kier alpha value is -2.10. The molecule has 19 heavy (non-hydrogen) atoms. The smallest absolute Gasteiger partial charge is 0.154 e. The molecule has 0 spiro atoms. The Morgan fingerprint density at radius 1 is 1.00 bits per heavy atom. The van der Waals surface area contributed by atoms with Crippen molar-refractivity contribution in [2.45, 2.75) is 33.1 Å². The Morgan fingerprint density at radius 3 is 2.11 bits per heavy atom. The second kappa shape index (κ2) is 5.26. The number of rotatable bonds is 2. The highest BCUT2D eigenvalue weighted by molar-refractivity contribution is 5.76. The summed E-state index contributed by atoms with van der Waals surface area (Å²) >= 11 is 0. The van der Waals surface area contributed by atoms with E-state index in [1.807, 2.05) is 25.4 Å². The fraction of sp³-hybridized carbons (Fsp3) is 0.333. The van der Waals surface area contributed by atoms with Crippen molar-refractivity contribution in [3.63, 3.8) is 0 Å². The van der Waals surface area contributed by atoms with E-state index in [0.717, 1.165) is 22.8 Å². The first kappa shape index (κ1) is 13.3. The van der Waals surface area contributed by atoms with E-state index < -0.39 is 0 Å². The van der Waals surface area contributed by atoms with Gasteiger partial charge in [-0.05, 0) is 24.6 Å². The first-order valence-corrected chi connectivity index (χ1v) is 6.25. The maximum absolute atomic E-state index is 4.40. The van der Waals surface area contributed by atoms with E-state index in [9.17, 15) is 0 Å². The first-order valence-electron chi connectivity index (χ1n) is 6.25. The molecule has 2 aromatic rings. The standard InChI is InChI=1S/C15H18N4/c1-11(13-16-6-5-7-17-13)8-12-9-18-14(19-10-12)15(2,3)4/h5-10H,1-4H3/b11-8-. The van der Waals surface area contributed by atoms with Gasteiger partial charge in [-0.2, -0.15) is 0 Å². The van der Waals surface area contributed by atoms with Crippen LogP contribution in [0.1, 0.15) is 44.9 Å². The number of nitrogens with zero attached hydrogens (tertiary/aromatic N) is 4. The van der Waals surface area contributed by atoms with Crippen LogP contribution in [0, 0.1) is 0 Å². The van der Waals surface area contributed by atoms with Crippen molar-refractivity contribution >= 4 is 11.6 Å². The highest BCUT2D eigenvalue weighted by Gasteiger charge is 2.16. The van der Waals surface area contributed by atoms with E-state index >= 15 is 0 Å². The van der Waals surface area contributed by atoms with Gasteiger partial charge in [0, 0.05) is 35.8 Å². The summed E-state index contributed by atoms with van der Waals surface area (Å²) in [5.74, 6) is 1.57. The molecule has 0 bridgehead atoms. The Morgan fingerprint density at radius 2 is 1.58 bits per heavy atom. The summed E-state index contributed by atoms with van der Waals surface area (Å²) in [6.45, 7) is 8.27. The minimum atomic E-state index is -0.0279. The van der Waals surface area contributed by atoms with E-state index in [1.54, 1.807) is 18.5 Å². The number of allylic oxidation sites excluding steroid dienone is 1. The van der Waals surface area contributed by atoms with Crippen molar-refractivity contribution in [1.29, 1.82) is 0 Å². The molecular weight excluding hydrogens is 236 g/mol. The van der Waals surface area contributed by atoms with E-state index in [-0.39, 0.29) is 5.41 Å². The third kappa shape index (κ3) is 3.44. The number of hydrogen-bond donors (Lipinski definition) is 0. The van der Waals surface area contributed by atoms with Crippen LogP contribution in [0.25, 0.3) is 11.6 Å². The first-order chi connectivity index (χ1) is 8.97. The summed E-state index contributed by atoms with van der Waals surface area (Å²) in [7, 11) is 0. The molecule has 0 aliphatic carbocycles. The molecule has 0 saturated carbocycles. The molecule has 0 fully saturated rings. The lowest BCUT2D eigenvalue weighted by molar-refractivity contribution is 0.545. The molecule has 2 aromatic heterocycles. The van der Waals surface area contributed by atoms with Crippen LogP contribution < -0.4 is 0 Å². The highest BCUT2D eigenvalue weighted by Crippen LogP contribution is 2.18. The molecule has 4 heteroatoms. The fourth-order valence-electron chi connectivity index (χ4n) is 1.62. The molecule has 0 saturated heterocycles. The Bertz CT molecular complexity index is 565. The van der Waals surface area contributed by atoms with Crippen LogP contribution in [0.15, 0.2) is 30.9 Å². The summed E-state index contributed by atoms with van der Waals surface area (Å²) < 4.78 is 0. The lowest BCUT2D eigenvalue weighted by Gasteiger charge is -2.15. The van der Waals surface area contributed by atoms with Crippen LogP contribution in [-0.4, -0.2) is 19.9 Å². The maximum atomic E-state index is 4.40. The van der Waals surface area contributed by atoms with Gasteiger partial charge in [-0.3, -0.25) is 0 Å². The lowest BCUT2D eigenvalue weighted by atomic mass is 9.96. The Balaban J connectivity index is 2.24. The summed E-state index contributed by atoms with van der Waals surface area (Å²) in [6.07, 6.45) is 9.12. The van der Waals surface area contributed by atoms with Gasteiger partial charge in [-0.15, -0.1) is 0 Å². The van der Waals surface area contributed by atoms with Crippen molar-refractivity contribution in [3.8, 4) is 0 Å². The Labute approximate surface area is 113 Å². The SMILES string of the molecule is C/C(=C/c1cnc(C(C)(C)C)nc1)c1ncccn1. The zero-order valence-corrected chi connectivity index (χ0v) is 11.8. The molecule has 0 radical (unpaired) electrons. The Kier molecular flexibility index (Phi) is 3.69. The van der Waals surface area contributed by atoms with E-state index in [2.05, 4.69) is 40.7 Å². The van der Waals surface area contributed by atoms with Crippen molar-refractivity contribution in [1.82, 2.24) is 19.9 Å². The van der Waals surface area contributed by atoms with Crippen molar-refractivity contribution in [3.05, 3.63) is 48.1 Å². The number of aromatic nitrogens is 4. The van der Waals surface area contributed by atoms with Gasteiger partial charge in [-0.1, -0.05) is 20.8 Å². The molecule has 0 amide bonds. The molecule has 0 unspecified atom stereocenters. The summed E-state index contributed by atoms with van der Waals surface area (Å²) in [6, 6.07) is 1.80. The van der Waals surface area contributed by atoms with Crippen LogP contribution in [0.3, 0.4) is 0 Å². The minimum absolute atomic E-state index is 0.0279. The molecule has 0 aliphatic heterocycles. The van der Waals surface area contributed by atoms with E-state index in [0.29, 0.717) is 0 Å². The summed E-state index contributed by atoms with van der Waals surface area (Å²) in [5.41, 5.74) is 1.92. The molecule has 0 aliphatic rings. The van der Waals surface area contributed by atoms with Gasteiger partial charge in [-0.25, -0.2) is 19.9 Å². The van der Waals surface area contributed by atoms with Gasteiger partial charge in [0.25, 0.3) is 0 Å². The van der Waals surface area contributed by atoms with Gasteiger partial charge in [0.05, 0.1) is 0 Å². The second-order valence-electron chi connectivity index (χ2n) is 5.49. The van der Waals surface area contributed by atoms with E-state index in [4.69, 9.17) is 0 Å². The highest BCUT2D eigenvalue weighted by atomic mass is 14.9. The quantitative estimate of drug-likeness (QED) is 0.826. The van der Waals surface area contributed by atoms with Gasteiger partial charge < -0.3 is 0 Å². The largest absolute Gasteiger partial charge is 0.240 e. The van der Waals surface area contributed by atoms with Crippen molar-refractivity contribution < 1.29 is 0 Å². The molecule has 0 N–H and O–H groups in total. The lowest BCUT2D eigenvalue weighted by Crippen LogP contribution is -2.15. The van der Waals surface area contributed by atoms with Crippen LogP contribution in [-0.2, 0) is 5.41 Å². The van der Waals surface area contributed by atoms with Gasteiger partial charge in [0.2, 0.25) is 0 Å². The van der Waals surface area contributed by atoms with Crippen LogP contribution in [0.2, 0.25) is 0 Å². The molecule has 2 rings (SSSR count). The molecule has 4 nitrogen and oxygen atoms in total. The molecule has 0 aromatic carbocycles. The van der Waals surface area contributed by atoms with Gasteiger partial charge in [0.1, 0.15) is 5.82 Å². The maximum Gasteiger partial charge on any atom is 0.154 e. The van der Waals surface area contributed by atoms with Gasteiger partial charge in [0.15, 0.2) is 5.82 Å². The second-order valence-corrected chi connectivity index (χ2v) is 5.49. The summed E-state index contributed by atoms with van der Waals surface area (Å²) in [4.78, 5) is 17.2. The zero-order valence-electron chi connectivity index (χ0n) is 11.8. The normalized spacial score (nSPS) is 12.5. The van der Waals surface area contributed by atoms with Crippen LogP contribution >= 0.6 is 0 Å².